The largest absolute Gasteiger partial charge is 0.492 e. The molecule has 2 rings (SSSR count). The van der Waals surface area contributed by atoms with E-state index in [1.807, 2.05) is 25.1 Å². The van der Waals surface area contributed by atoms with Crippen molar-refractivity contribution in [3.8, 4) is 5.75 Å². The van der Waals surface area contributed by atoms with Crippen LogP contribution in [0.3, 0.4) is 0 Å². The summed E-state index contributed by atoms with van der Waals surface area (Å²) in [5, 5.41) is 10.4. The van der Waals surface area contributed by atoms with E-state index in [-0.39, 0.29) is 0 Å². The molecule has 0 saturated carbocycles. The predicted octanol–water partition coefficient (Wildman–Crippen LogP) is 3.69. The van der Waals surface area contributed by atoms with Crippen molar-refractivity contribution in [3.05, 3.63) is 59.4 Å². The van der Waals surface area contributed by atoms with Crippen molar-refractivity contribution in [2.45, 2.75) is 32.8 Å². The quantitative estimate of drug-likeness (QED) is 0.902. The van der Waals surface area contributed by atoms with Crippen LogP contribution in [0, 0.1) is 0 Å². The van der Waals surface area contributed by atoms with E-state index < -0.39 is 6.10 Å². The molecule has 3 heteroatoms. The lowest BCUT2D eigenvalue weighted by Gasteiger charge is -2.14. The predicted molar refractivity (Wildman–Crippen MR) is 80.0 cm³/mol. The van der Waals surface area contributed by atoms with Crippen LogP contribution in [0.15, 0.2) is 42.7 Å². The van der Waals surface area contributed by atoms with Crippen LogP contribution < -0.4 is 4.74 Å². The van der Waals surface area contributed by atoms with Gasteiger partial charge in [0.05, 0.1) is 12.8 Å². The fourth-order valence-electron chi connectivity index (χ4n) is 2.09. The van der Waals surface area contributed by atoms with E-state index in [0.29, 0.717) is 18.3 Å². The molecule has 1 aromatic carbocycles. The lowest BCUT2D eigenvalue weighted by atomic mass is 9.98. The molecule has 2 aromatic rings. The summed E-state index contributed by atoms with van der Waals surface area (Å²) in [4.78, 5) is 4.11. The normalized spacial score (nSPS) is 12.4. The molecule has 1 heterocycles. The second-order valence-corrected chi connectivity index (χ2v) is 5.11. The highest BCUT2D eigenvalue weighted by atomic mass is 16.5. The molecule has 0 fully saturated rings. The lowest BCUT2D eigenvalue weighted by Crippen LogP contribution is -2.02. The van der Waals surface area contributed by atoms with Crippen molar-refractivity contribution in [2.24, 2.45) is 0 Å². The molecule has 1 aromatic heterocycles. The maximum atomic E-state index is 10.4. The van der Waals surface area contributed by atoms with Crippen molar-refractivity contribution in [3.63, 3.8) is 0 Å². The Labute approximate surface area is 120 Å². The molecule has 1 unspecified atom stereocenters. The Kier molecular flexibility index (Phi) is 4.74. The summed E-state index contributed by atoms with van der Waals surface area (Å²) in [6, 6.07) is 9.88. The van der Waals surface area contributed by atoms with Crippen molar-refractivity contribution < 1.29 is 9.84 Å². The molecule has 0 bridgehead atoms. The molecule has 106 valence electrons. The average molecular weight is 271 g/mol. The van der Waals surface area contributed by atoms with Gasteiger partial charge in [0.15, 0.2) is 0 Å². The molecule has 0 amide bonds. The number of aromatic nitrogens is 1. The SMILES string of the molecule is CCOc1cncc(C(O)c2ccc(C(C)C)cc2)c1. The first-order valence-electron chi connectivity index (χ1n) is 6.97. The topological polar surface area (TPSA) is 42.4 Å². The van der Waals surface area contributed by atoms with Gasteiger partial charge in [-0.3, -0.25) is 4.98 Å². The summed E-state index contributed by atoms with van der Waals surface area (Å²) in [5.41, 5.74) is 2.88. The first kappa shape index (κ1) is 14.5. The number of ether oxygens (including phenoxy) is 1. The number of benzene rings is 1. The molecule has 3 nitrogen and oxygen atoms in total. The number of pyridine rings is 1. The molecular formula is C17H21NO2. The van der Waals surface area contributed by atoms with Crippen LogP contribution in [0.25, 0.3) is 0 Å². The number of nitrogens with zero attached hydrogens (tertiary/aromatic N) is 1. The van der Waals surface area contributed by atoms with E-state index >= 15 is 0 Å². The molecule has 0 spiro atoms. The maximum absolute atomic E-state index is 10.4. The summed E-state index contributed by atoms with van der Waals surface area (Å²) in [7, 11) is 0. The summed E-state index contributed by atoms with van der Waals surface area (Å²) >= 11 is 0. The zero-order valence-electron chi connectivity index (χ0n) is 12.2. The Morgan fingerprint density at radius 1 is 1.05 bits per heavy atom. The molecule has 1 atom stereocenters. The second-order valence-electron chi connectivity index (χ2n) is 5.11. The molecule has 0 aliphatic rings. The molecule has 0 saturated heterocycles. The van der Waals surface area contributed by atoms with Gasteiger partial charge in [-0.05, 0) is 30.0 Å². The number of hydrogen-bond acceptors (Lipinski definition) is 3. The van der Waals surface area contributed by atoms with Gasteiger partial charge >= 0.3 is 0 Å². The van der Waals surface area contributed by atoms with Gasteiger partial charge in [0.2, 0.25) is 0 Å². The number of rotatable bonds is 5. The monoisotopic (exact) mass is 271 g/mol. The summed E-state index contributed by atoms with van der Waals surface area (Å²) < 4.78 is 5.41. The summed E-state index contributed by atoms with van der Waals surface area (Å²) in [6.07, 6.45) is 2.65. The minimum Gasteiger partial charge on any atom is -0.492 e. The van der Waals surface area contributed by atoms with Crippen LogP contribution in [0.5, 0.6) is 5.75 Å². The van der Waals surface area contributed by atoms with E-state index in [1.54, 1.807) is 12.4 Å². The van der Waals surface area contributed by atoms with Gasteiger partial charge in [-0.15, -0.1) is 0 Å². The van der Waals surface area contributed by atoms with Crippen molar-refractivity contribution >= 4 is 0 Å². The van der Waals surface area contributed by atoms with Crippen molar-refractivity contribution in [1.29, 1.82) is 0 Å². The minimum absolute atomic E-state index is 0.490. The van der Waals surface area contributed by atoms with Crippen LogP contribution in [0.1, 0.15) is 49.5 Å². The van der Waals surface area contributed by atoms with Gasteiger partial charge in [0, 0.05) is 11.8 Å². The first-order valence-corrected chi connectivity index (χ1v) is 6.97. The molecule has 0 radical (unpaired) electrons. The Balaban J connectivity index is 2.21. The van der Waals surface area contributed by atoms with Gasteiger partial charge in [-0.2, -0.15) is 0 Å². The Hall–Kier alpha value is -1.87. The molecule has 20 heavy (non-hydrogen) atoms. The zero-order chi connectivity index (χ0) is 14.5. The Bertz CT molecular complexity index is 549. The van der Waals surface area contributed by atoms with Crippen LogP contribution in [-0.4, -0.2) is 16.7 Å². The fourth-order valence-corrected chi connectivity index (χ4v) is 2.09. The molecular weight excluding hydrogens is 250 g/mol. The molecule has 0 aliphatic carbocycles. The van der Waals surface area contributed by atoms with E-state index in [9.17, 15) is 5.11 Å². The van der Waals surface area contributed by atoms with Crippen molar-refractivity contribution in [2.75, 3.05) is 6.61 Å². The first-order chi connectivity index (χ1) is 9.61. The second kappa shape index (κ2) is 6.53. The van der Waals surface area contributed by atoms with Gasteiger partial charge in [-0.25, -0.2) is 0 Å². The highest BCUT2D eigenvalue weighted by molar-refractivity contribution is 5.34. The standard InChI is InChI=1S/C17H21NO2/c1-4-20-16-9-15(10-18-11-16)17(19)14-7-5-13(6-8-14)12(2)3/h5-12,17,19H,4H2,1-3H3. The van der Waals surface area contributed by atoms with Gasteiger partial charge < -0.3 is 9.84 Å². The van der Waals surface area contributed by atoms with E-state index in [0.717, 1.165) is 11.1 Å². The highest BCUT2D eigenvalue weighted by Gasteiger charge is 2.12. The van der Waals surface area contributed by atoms with Crippen LogP contribution >= 0.6 is 0 Å². The van der Waals surface area contributed by atoms with Crippen LogP contribution in [0.4, 0.5) is 0 Å². The fraction of sp³-hybridized carbons (Fsp3) is 0.353. The van der Waals surface area contributed by atoms with E-state index in [1.165, 1.54) is 5.56 Å². The van der Waals surface area contributed by atoms with Crippen molar-refractivity contribution in [1.82, 2.24) is 4.98 Å². The average Bonchev–Trinajstić information content (AvgIpc) is 2.47. The van der Waals surface area contributed by atoms with Crippen LogP contribution in [-0.2, 0) is 0 Å². The summed E-state index contributed by atoms with van der Waals surface area (Å²) in [5.74, 6) is 1.17. The minimum atomic E-state index is -0.677. The van der Waals surface area contributed by atoms with Gasteiger partial charge in [0.25, 0.3) is 0 Å². The lowest BCUT2D eigenvalue weighted by molar-refractivity contribution is 0.219. The number of hydrogen-bond donors (Lipinski definition) is 1. The highest BCUT2D eigenvalue weighted by Crippen LogP contribution is 2.25. The molecule has 1 N–H and O–H groups in total. The smallest absolute Gasteiger partial charge is 0.137 e. The van der Waals surface area contributed by atoms with E-state index in [2.05, 4.69) is 31.0 Å². The molecule has 0 aliphatic heterocycles. The Morgan fingerprint density at radius 2 is 1.70 bits per heavy atom. The maximum Gasteiger partial charge on any atom is 0.137 e. The Morgan fingerprint density at radius 3 is 2.30 bits per heavy atom. The third kappa shape index (κ3) is 3.36. The number of aliphatic hydroxyl groups excluding tert-OH is 1. The summed E-state index contributed by atoms with van der Waals surface area (Å²) in [6.45, 7) is 6.82. The number of aliphatic hydroxyl groups is 1. The van der Waals surface area contributed by atoms with Gasteiger partial charge in [-0.1, -0.05) is 38.1 Å². The zero-order valence-corrected chi connectivity index (χ0v) is 12.2. The third-order valence-electron chi connectivity index (χ3n) is 3.28. The van der Waals surface area contributed by atoms with E-state index in [4.69, 9.17) is 4.74 Å². The van der Waals surface area contributed by atoms with Crippen LogP contribution in [0.2, 0.25) is 0 Å². The third-order valence-corrected chi connectivity index (χ3v) is 3.28. The van der Waals surface area contributed by atoms with Gasteiger partial charge in [0.1, 0.15) is 11.9 Å².